The van der Waals surface area contributed by atoms with Crippen LogP contribution in [-0.4, -0.2) is 93.1 Å². The number of carbonyl (C=O) groups excluding carboxylic acids is 4. The van der Waals surface area contributed by atoms with Crippen molar-refractivity contribution in [1.29, 1.82) is 0 Å². The van der Waals surface area contributed by atoms with Gasteiger partial charge in [0.15, 0.2) is 0 Å². The van der Waals surface area contributed by atoms with Gasteiger partial charge in [-0.2, -0.15) is 0 Å². The molecule has 4 amide bonds. The lowest BCUT2D eigenvalue weighted by Gasteiger charge is -2.29. The highest BCUT2D eigenvalue weighted by atomic mass is 16.4. The molecular formula is C18H29N5O9. The average Bonchev–Trinajstić information content (AvgIpc) is 3.21. The monoisotopic (exact) mass is 459 g/mol. The number of aliphatic carboxylic acids is 2. The van der Waals surface area contributed by atoms with E-state index in [1.54, 1.807) is 0 Å². The Kier molecular flexibility index (Phi) is 10.5. The SMILES string of the molecule is NC(=O)CCC(N)C(=O)NC(CCC(=O)O)C(=O)N1CCCC1C(=O)NC(CO)C(=O)O. The van der Waals surface area contributed by atoms with Crippen LogP contribution in [0.2, 0.25) is 0 Å². The van der Waals surface area contributed by atoms with Gasteiger partial charge < -0.3 is 42.3 Å². The Morgan fingerprint density at radius 1 is 1.00 bits per heavy atom. The molecule has 0 radical (unpaired) electrons. The molecule has 0 spiro atoms. The molecule has 0 aromatic carbocycles. The lowest BCUT2D eigenvalue weighted by atomic mass is 10.1. The highest BCUT2D eigenvalue weighted by Crippen LogP contribution is 2.20. The minimum absolute atomic E-state index is 0.0759. The smallest absolute Gasteiger partial charge is 0.328 e. The topological polar surface area (TPSA) is 242 Å². The number of nitrogens with zero attached hydrogens (tertiary/aromatic N) is 1. The van der Waals surface area contributed by atoms with Gasteiger partial charge in [-0.25, -0.2) is 4.79 Å². The summed E-state index contributed by atoms with van der Waals surface area (Å²) in [6.07, 6.45) is -0.337. The predicted molar refractivity (Wildman–Crippen MR) is 107 cm³/mol. The Balaban J connectivity index is 2.93. The highest BCUT2D eigenvalue weighted by Gasteiger charge is 2.39. The molecule has 0 aliphatic carbocycles. The Morgan fingerprint density at radius 3 is 2.19 bits per heavy atom. The number of carboxylic acid groups (broad SMARTS) is 2. The third kappa shape index (κ3) is 8.11. The van der Waals surface area contributed by atoms with Crippen LogP contribution >= 0.6 is 0 Å². The predicted octanol–water partition coefficient (Wildman–Crippen LogP) is -3.52. The number of rotatable bonds is 13. The van der Waals surface area contributed by atoms with Crippen LogP contribution in [0.1, 0.15) is 38.5 Å². The lowest BCUT2D eigenvalue weighted by molar-refractivity contribution is -0.146. The fourth-order valence-electron chi connectivity index (χ4n) is 3.19. The first-order valence-corrected chi connectivity index (χ1v) is 9.98. The van der Waals surface area contributed by atoms with Crippen molar-refractivity contribution in [3.63, 3.8) is 0 Å². The van der Waals surface area contributed by atoms with Gasteiger partial charge in [0, 0.05) is 19.4 Å². The molecule has 1 rings (SSSR count). The minimum Gasteiger partial charge on any atom is -0.481 e. The Morgan fingerprint density at radius 2 is 1.66 bits per heavy atom. The van der Waals surface area contributed by atoms with E-state index in [4.69, 9.17) is 26.8 Å². The normalized spacial score (nSPS) is 18.3. The molecule has 32 heavy (non-hydrogen) atoms. The molecule has 1 aliphatic rings. The van der Waals surface area contributed by atoms with E-state index >= 15 is 0 Å². The molecule has 1 saturated heterocycles. The molecule has 4 atom stereocenters. The number of hydrogen-bond acceptors (Lipinski definition) is 8. The summed E-state index contributed by atoms with van der Waals surface area (Å²) in [6, 6.07) is -5.07. The van der Waals surface area contributed by atoms with Gasteiger partial charge >= 0.3 is 11.9 Å². The number of aliphatic hydroxyl groups is 1. The molecule has 0 aromatic rings. The van der Waals surface area contributed by atoms with E-state index in [-0.39, 0.29) is 32.2 Å². The number of carbonyl (C=O) groups is 6. The van der Waals surface area contributed by atoms with Gasteiger partial charge in [-0.15, -0.1) is 0 Å². The van der Waals surface area contributed by atoms with Crippen molar-refractivity contribution in [3.05, 3.63) is 0 Å². The van der Waals surface area contributed by atoms with E-state index in [1.165, 1.54) is 0 Å². The first kappa shape index (κ1) is 26.8. The fraction of sp³-hybridized carbons (Fsp3) is 0.667. The van der Waals surface area contributed by atoms with Crippen LogP contribution in [0.15, 0.2) is 0 Å². The molecule has 1 fully saturated rings. The summed E-state index contributed by atoms with van der Waals surface area (Å²) in [5.41, 5.74) is 10.7. The average molecular weight is 459 g/mol. The molecule has 14 heteroatoms. The minimum atomic E-state index is -1.55. The summed E-state index contributed by atoms with van der Waals surface area (Å²) in [5.74, 6) is -5.64. The zero-order valence-electron chi connectivity index (χ0n) is 17.4. The second kappa shape index (κ2) is 12.6. The van der Waals surface area contributed by atoms with Crippen LogP contribution in [0.5, 0.6) is 0 Å². The summed E-state index contributed by atoms with van der Waals surface area (Å²) in [6.45, 7) is -0.719. The Hall–Kier alpha value is -3.26. The molecule has 180 valence electrons. The molecule has 9 N–H and O–H groups in total. The van der Waals surface area contributed by atoms with Crippen molar-refractivity contribution in [2.24, 2.45) is 11.5 Å². The fourth-order valence-corrected chi connectivity index (χ4v) is 3.19. The zero-order valence-corrected chi connectivity index (χ0v) is 17.4. The molecule has 1 heterocycles. The maximum absolute atomic E-state index is 13.0. The molecule has 0 saturated carbocycles. The van der Waals surface area contributed by atoms with E-state index in [0.717, 1.165) is 4.90 Å². The number of carboxylic acids is 2. The van der Waals surface area contributed by atoms with Crippen molar-refractivity contribution in [1.82, 2.24) is 15.5 Å². The second-order valence-corrected chi connectivity index (χ2v) is 7.38. The maximum Gasteiger partial charge on any atom is 0.328 e. The number of nitrogens with two attached hydrogens (primary N) is 2. The molecule has 0 aromatic heterocycles. The van der Waals surface area contributed by atoms with Crippen molar-refractivity contribution in [2.45, 2.75) is 62.7 Å². The van der Waals surface area contributed by atoms with Crippen molar-refractivity contribution < 1.29 is 44.1 Å². The van der Waals surface area contributed by atoms with Crippen LogP contribution in [0.3, 0.4) is 0 Å². The molecule has 1 aliphatic heterocycles. The van der Waals surface area contributed by atoms with E-state index in [1.807, 2.05) is 0 Å². The third-order valence-corrected chi connectivity index (χ3v) is 4.94. The number of hydrogen-bond donors (Lipinski definition) is 7. The van der Waals surface area contributed by atoms with Gasteiger partial charge in [0.25, 0.3) is 0 Å². The standard InChI is InChI=1S/C18H29N5O9/c19-9(3-5-13(20)25)15(28)21-10(4-6-14(26)27)17(30)23-7-1-2-12(23)16(29)22-11(8-24)18(31)32/h9-12,24H,1-8,19H2,(H2,20,25)(H,21,28)(H,22,29)(H,26,27)(H,31,32). The van der Waals surface area contributed by atoms with Crippen LogP contribution in [-0.2, 0) is 28.8 Å². The number of nitrogens with one attached hydrogen (secondary N) is 2. The number of likely N-dealkylation sites (tertiary alicyclic amines) is 1. The van der Waals surface area contributed by atoms with Crippen LogP contribution in [0, 0.1) is 0 Å². The molecule has 14 nitrogen and oxygen atoms in total. The van der Waals surface area contributed by atoms with E-state index < -0.39 is 72.8 Å². The third-order valence-electron chi connectivity index (χ3n) is 4.94. The van der Waals surface area contributed by atoms with Crippen molar-refractivity contribution >= 4 is 35.6 Å². The summed E-state index contributed by atoms with van der Waals surface area (Å²) in [7, 11) is 0. The first-order chi connectivity index (χ1) is 15.0. The maximum atomic E-state index is 13.0. The van der Waals surface area contributed by atoms with E-state index in [2.05, 4.69) is 10.6 Å². The summed E-state index contributed by atoms with van der Waals surface area (Å²) in [5, 5.41) is 31.5. The van der Waals surface area contributed by atoms with Crippen molar-refractivity contribution in [2.75, 3.05) is 13.2 Å². The van der Waals surface area contributed by atoms with E-state index in [0.29, 0.717) is 6.42 Å². The molecular weight excluding hydrogens is 430 g/mol. The number of aliphatic hydroxyl groups excluding tert-OH is 1. The Labute approximate surface area is 183 Å². The van der Waals surface area contributed by atoms with Crippen LogP contribution < -0.4 is 22.1 Å². The number of primary amides is 1. The summed E-state index contributed by atoms with van der Waals surface area (Å²) < 4.78 is 0. The second-order valence-electron chi connectivity index (χ2n) is 7.38. The lowest BCUT2D eigenvalue weighted by Crippen LogP contribution is -2.57. The quantitative estimate of drug-likeness (QED) is 0.143. The first-order valence-electron chi connectivity index (χ1n) is 9.98. The largest absolute Gasteiger partial charge is 0.481 e. The highest BCUT2D eigenvalue weighted by molar-refractivity contribution is 5.94. The van der Waals surface area contributed by atoms with Gasteiger partial charge in [-0.05, 0) is 25.7 Å². The van der Waals surface area contributed by atoms with E-state index in [9.17, 15) is 28.8 Å². The van der Waals surface area contributed by atoms with Crippen molar-refractivity contribution in [3.8, 4) is 0 Å². The van der Waals surface area contributed by atoms with Gasteiger partial charge in [-0.3, -0.25) is 24.0 Å². The van der Waals surface area contributed by atoms with Crippen LogP contribution in [0.4, 0.5) is 0 Å². The van der Waals surface area contributed by atoms with Gasteiger partial charge in [0.2, 0.25) is 23.6 Å². The number of amides is 4. The van der Waals surface area contributed by atoms with Gasteiger partial charge in [-0.1, -0.05) is 0 Å². The van der Waals surface area contributed by atoms with Crippen LogP contribution in [0.25, 0.3) is 0 Å². The van der Waals surface area contributed by atoms with Gasteiger partial charge in [0.05, 0.1) is 12.6 Å². The molecule has 0 bridgehead atoms. The zero-order chi connectivity index (χ0) is 24.4. The Bertz CT molecular complexity index is 744. The van der Waals surface area contributed by atoms with Gasteiger partial charge in [0.1, 0.15) is 18.1 Å². The summed E-state index contributed by atoms with van der Waals surface area (Å²) in [4.78, 5) is 71.9. The molecule has 4 unspecified atom stereocenters. The summed E-state index contributed by atoms with van der Waals surface area (Å²) >= 11 is 0.